The molecular formula is C79H154O17P2. The molecule has 0 aromatic carbocycles. The maximum Gasteiger partial charge on any atom is 0.472 e. The van der Waals surface area contributed by atoms with Crippen molar-refractivity contribution in [2.24, 2.45) is 11.8 Å². The van der Waals surface area contributed by atoms with Crippen LogP contribution in [-0.4, -0.2) is 96.7 Å². The summed E-state index contributed by atoms with van der Waals surface area (Å²) >= 11 is 0. The molecule has 0 fully saturated rings. The van der Waals surface area contributed by atoms with Crippen LogP contribution in [0.25, 0.3) is 0 Å². The Bertz CT molecular complexity index is 1890. The van der Waals surface area contributed by atoms with Crippen LogP contribution in [0.1, 0.15) is 414 Å². The number of rotatable bonds is 78. The third kappa shape index (κ3) is 72.4. The minimum atomic E-state index is -4.96. The second-order valence-electron chi connectivity index (χ2n) is 29.4. The number of aliphatic hydroxyl groups excluding tert-OH is 1. The standard InChI is InChI=1S/C79H154O17P2/c1-7-9-11-13-15-16-17-18-19-20-21-22-23-24-25-28-34-39-45-51-57-63-78(83)96-75(68-90-77(82)62-56-50-44-38-33-29-26-27-31-36-42-47-53-59-71(3)4)70-94-98(87,88)92-66-73(80)65-91-97(85,86)93-69-74(67-89-76(81)61-55-49-41-14-12-10-8-2)95-79(84)64-58-52-46-40-35-30-32-37-43-48-54-60-72(5)6/h71-75,80H,7-70H2,1-6H3,(H,85,86)(H,87,88)/t73-,74+,75+/m0/s1. The predicted octanol–water partition coefficient (Wildman–Crippen LogP) is 23.5. The Morgan fingerprint density at radius 1 is 0.276 bits per heavy atom. The third-order valence-electron chi connectivity index (χ3n) is 18.5. The lowest BCUT2D eigenvalue weighted by molar-refractivity contribution is -0.161. The van der Waals surface area contributed by atoms with E-state index in [2.05, 4.69) is 41.5 Å². The van der Waals surface area contributed by atoms with E-state index in [1.807, 2.05) is 0 Å². The van der Waals surface area contributed by atoms with Gasteiger partial charge in [-0.15, -0.1) is 0 Å². The summed E-state index contributed by atoms with van der Waals surface area (Å²) in [5.41, 5.74) is 0. The van der Waals surface area contributed by atoms with Crippen LogP contribution in [0.3, 0.4) is 0 Å². The van der Waals surface area contributed by atoms with Crippen molar-refractivity contribution in [3.05, 3.63) is 0 Å². The maximum atomic E-state index is 13.1. The fraction of sp³-hybridized carbons (Fsp3) is 0.949. The number of unbranched alkanes of at least 4 members (excludes halogenated alkanes) is 48. The number of ether oxygens (including phenoxy) is 4. The van der Waals surface area contributed by atoms with E-state index in [0.717, 1.165) is 115 Å². The molecule has 0 rings (SSSR count). The largest absolute Gasteiger partial charge is 0.472 e. The first kappa shape index (κ1) is 96.1. The highest BCUT2D eigenvalue weighted by Gasteiger charge is 2.30. The van der Waals surface area contributed by atoms with Gasteiger partial charge in [0.25, 0.3) is 0 Å². The monoisotopic (exact) mass is 1440 g/mol. The topological polar surface area (TPSA) is 237 Å². The van der Waals surface area contributed by atoms with Gasteiger partial charge in [-0.2, -0.15) is 0 Å². The molecule has 0 aliphatic rings. The second kappa shape index (κ2) is 70.7. The molecule has 0 saturated carbocycles. The van der Waals surface area contributed by atoms with Gasteiger partial charge in [0.15, 0.2) is 12.2 Å². The Labute approximate surface area is 600 Å². The van der Waals surface area contributed by atoms with E-state index in [1.54, 1.807) is 0 Å². The molecule has 0 aromatic heterocycles. The van der Waals surface area contributed by atoms with Gasteiger partial charge >= 0.3 is 39.5 Å². The molecule has 98 heavy (non-hydrogen) atoms. The number of hydrogen-bond acceptors (Lipinski definition) is 15. The Hall–Kier alpha value is -1.94. The smallest absolute Gasteiger partial charge is 0.462 e. The SMILES string of the molecule is CCCCCCCCCCCCCCCCCCCCCCCC(=O)O[C@H](COC(=O)CCCCCCCCCCCCCCCC(C)C)COP(=O)(O)OC[C@@H](O)COP(=O)(O)OC[C@@H](COC(=O)CCCCCCCCC)OC(=O)CCCCCCCCCCCCCC(C)C. The summed E-state index contributed by atoms with van der Waals surface area (Å²) in [5.74, 6) is -0.560. The van der Waals surface area contributed by atoms with Gasteiger partial charge in [0.05, 0.1) is 26.4 Å². The van der Waals surface area contributed by atoms with Crippen LogP contribution < -0.4 is 0 Å². The Balaban J connectivity index is 5.17. The predicted molar refractivity (Wildman–Crippen MR) is 400 cm³/mol. The van der Waals surface area contributed by atoms with E-state index in [4.69, 9.17) is 37.0 Å². The van der Waals surface area contributed by atoms with Crippen LogP contribution in [0.4, 0.5) is 0 Å². The highest BCUT2D eigenvalue weighted by Crippen LogP contribution is 2.45. The zero-order valence-electron chi connectivity index (χ0n) is 64.1. The minimum absolute atomic E-state index is 0.106. The summed E-state index contributed by atoms with van der Waals surface area (Å²) in [4.78, 5) is 72.8. The summed E-state index contributed by atoms with van der Waals surface area (Å²) in [7, 11) is -9.91. The van der Waals surface area contributed by atoms with Crippen molar-refractivity contribution < 1.29 is 80.2 Å². The molecule has 0 radical (unpaired) electrons. The summed E-state index contributed by atoms with van der Waals surface area (Å²) in [6.07, 6.45) is 59.9. The van der Waals surface area contributed by atoms with Gasteiger partial charge in [-0.05, 0) is 37.5 Å². The van der Waals surface area contributed by atoms with Crippen LogP contribution in [-0.2, 0) is 65.4 Å². The van der Waals surface area contributed by atoms with E-state index < -0.39 is 97.5 Å². The molecule has 0 amide bonds. The Morgan fingerprint density at radius 2 is 0.469 bits per heavy atom. The summed E-state index contributed by atoms with van der Waals surface area (Å²) < 4.78 is 68.5. The zero-order chi connectivity index (χ0) is 72.1. The maximum absolute atomic E-state index is 13.1. The van der Waals surface area contributed by atoms with E-state index in [9.17, 15) is 43.2 Å². The number of esters is 4. The Morgan fingerprint density at radius 3 is 0.694 bits per heavy atom. The number of aliphatic hydroxyl groups is 1. The van der Waals surface area contributed by atoms with E-state index in [-0.39, 0.29) is 25.7 Å². The first-order valence-corrected chi connectivity index (χ1v) is 44.0. The molecule has 0 heterocycles. The fourth-order valence-electron chi connectivity index (χ4n) is 12.2. The number of phosphoric ester groups is 2. The molecule has 0 aromatic rings. The molecule has 2 unspecified atom stereocenters. The molecule has 0 bridgehead atoms. The summed E-state index contributed by atoms with van der Waals surface area (Å²) in [5, 5.41) is 10.6. The lowest BCUT2D eigenvalue weighted by Crippen LogP contribution is -2.30. The van der Waals surface area contributed by atoms with Crippen LogP contribution >= 0.6 is 15.6 Å². The van der Waals surface area contributed by atoms with Gasteiger partial charge < -0.3 is 33.8 Å². The van der Waals surface area contributed by atoms with Crippen LogP contribution in [0.15, 0.2) is 0 Å². The van der Waals surface area contributed by atoms with Gasteiger partial charge in [0.1, 0.15) is 19.3 Å². The van der Waals surface area contributed by atoms with Gasteiger partial charge in [0.2, 0.25) is 0 Å². The number of hydrogen-bond donors (Lipinski definition) is 3. The molecule has 582 valence electrons. The van der Waals surface area contributed by atoms with Gasteiger partial charge in [-0.3, -0.25) is 37.3 Å². The van der Waals surface area contributed by atoms with Crippen molar-refractivity contribution >= 4 is 39.5 Å². The first-order chi connectivity index (χ1) is 47.4. The normalized spacial score (nSPS) is 13.9. The molecule has 0 aliphatic heterocycles. The fourth-order valence-corrected chi connectivity index (χ4v) is 13.8. The van der Waals surface area contributed by atoms with Crippen molar-refractivity contribution in [1.82, 2.24) is 0 Å². The molecule has 19 heteroatoms. The number of carbonyl (C=O) groups excluding carboxylic acids is 4. The average Bonchev–Trinajstić information content (AvgIpc) is 0.962. The van der Waals surface area contributed by atoms with E-state index >= 15 is 0 Å². The van der Waals surface area contributed by atoms with Crippen molar-refractivity contribution in [1.29, 1.82) is 0 Å². The Kier molecular flexibility index (Phi) is 69.3. The molecule has 5 atom stereocenters. The minimum Gasteiger partial charge on any atom is -0.462 e. The number of phosphoric acid groups is 2. The second-order valence-corrected chi connectivity index (χ2v) is 32.3. The highest BCUT2D eigenvalue weighted by molar-refractivity contribution is 7.47. The third-order valence-corrected chi connectivity index (χ3v) is 20.4. The summed E-state index contributed by atoms with van der Waals surface area (Å²) in [6.45, 7) is 9.59. The van der Waals surface area contributed by atoms with Crippen LogP contribution in [0.2, 0.25) is 0 Å². The molecule has 0 aliphatic carbocycles. The lowest BCUT2D eigenvalue weighted by Gasteiger charge is -2.21. The van der Waals surface area contributed by atoms with E-state index in [0.29, 0.717) is 25.7 Å². The molecule has 17 nitrogen and oxygen atoms in total. The van der Waals surface area contributed by atoms with Crippen molar-refractivity contribution in [2.45, 2.75) is 432 Å². The number of carbonyl (C=O) groups is 4. The molecule has 0 spiro atoms. The van der Waals surface area contributed by atoms with Gasteiger partial charge in [0, 0.05) is 25.7 Å². The highest BCUT2D eigenvalue weighted by atomic mass is 31.2. The van der Waals surface area contributed by atoms with Crippen LogP contribution in [0.5, 0.6) is 0 Å². The molecule has 3 N–H and O–H groups in total. The zero-order valence-corrected chi connectivity index (χ0v) is 65.9. The molecule has 0 saturated heterocycles. The first-order valence-electron chi connectivity index (χ1n) is 41.0. The van der Waals surface area contributed by atoms with Gasteiger partial charge in [-0.25, -0.2) is 9.13 Å². The van der Waals surface area contributed by atoms with Crippen LogP contribution in [0, 0.1) is 11.8 Å². The van der Waals surface area contributed by atoms with Crippen molar-refractivity contribution in [3.8, 4) is 0 Å². The van der Waals surface area contributed by atoms with E-state index in [1.165, 1.54) is 218 Å². The average molecular weight is 1440 g/mol. The summed E-state index contributed by atoms with van der Waals surface area (Å²) in [6, 6.07) is 0. The lowest BCUT2D eigenvalue weighted by atomic mass is 10.0. The van der Waals surface area contributed by atoms with Crippen molar-refractivity contribution in [3.63, 3.8) is 0 Å². The quantitative estimate of drug-likeness (QED) is 0.0222. The molecular weight excluding hydrogens is 1280 g/mol. The van der Waals surface area contributed by atoms with Crippen molar-refractivity contribution in [2.75, 3.05) is 39.6 Å². The van der Waals surface area contributed by atoms with Gasteiger partial charge in [-0.1, -0.05) is 363 Å².